The van der Waals surface area contributed by atoms with Gasteiger partial charge in [0.25, 0.3) is 0 Å². The zero-order valence-electron chi connectivity index (χ0n) is 34.6. The van der Waals surface area contributed by atoms with E-state index < -0.39 is 17.1 Å². The molecule has 4 unspecified atom stereocenters. The molecular formula is C51H56N2O6. The zero-order valence-corrected chi connectivity index (χ0v) is 34.6. The number of ether oxygens (including phenoxy) is 2. The van der Waals surface area contributed by atoms with E-state index in [1.807, 2.05) is 97.1 Å². The highest BCUT2D eigenvalue weighted by molar-refractivity contribution is 6.10. The fraction of sp³-hybridized carbons (Fsp3) is 0.333. The minimum Gasteiger partial charge on any atom is -0.497 e. The number of para-hydroxylation sites is 1. The molecule has 0 aliphatic heterocycles. The summed E-state index contributed by atoms with van der Waals surface area (Å²) in [5, 5.41) is 27.4. The average Bonchev–Trinajstić information content (AvgIpc) is 3.51. The molecule has 0 spiro atoms. The smallest absolute Gasteiger partial charge is 0.322 e. The van der Waals surface area contributed by atoms with Crippen LogP contribution in [0.2, 0.25) is 0 Å². The summed E-state index contributed by atoms with van der Waals surface area (Å²) in [6.45, 7) is 4.46. The first kappa shape index (κ1) is 41.5. The van der Waals surface area contributed by atoms with Gasteiger partial charge in [-0.3, -0.25) is 4.79 Å². The standard InChI is InChI=1S/C51H56N2O6/c1-35-12-11-28-50(2)46(27-29-51(50,57)34-53(49(56)52-41-15-9-6-10-16-41)33-40-23-25-43(58-3)32-47(40)59-4)44-26-18-36(30-42(54)24-17-35)31-45(44)48(55)39-21-19-38(20-22-39)37-13-7-5-8-14-37/h5-10,12-16,18-23,25-26,31-32,42,46,54,57H,11,17,24,27-30,33-34H2,1-4H3,(H,52,56). The molecule has 4 atom stereocenters. The number of amides is 2. The maximum Gasteiger partial charge on any atom is 0.322 e. The van der Waals surface area contributed by atoms with E-state index in [2.05, 4.69) is 43.4 Å². The number of nitrogens with zero attached hydrogens (tertiary/aromatic N) is 1. The van der Waals surface area contributed by atoms with Crippen LogP contribution in [0.1, 0.15) is 90.9 Å². The lowest BCUT2D eigenvalue weighted by Crippen LogP contribution is -2.54. The predicted octanol–water partition coefficient (Wildman–Crippen LogP) is 10.4. The average molecular weight is 793 g/mol. The van der Waals surface area contributed by atoms with Crippen molar-refractivity contribution < 1.29 is 29.3 Å². The summed E-state index contributed by atoms with van der Waals surface area (Å²) in [4.78, 5) is 30.8. The molecule has 0 heterocycles. The number of aliphatic hydroxyl groups is 2. The largest absolute Gasteiger partial charge is 0.497 e. The van der Waals surface area contributed by atoms with Gasteiger partial charge in [-0.25, -0.2) is 4.79 Å². The van der Waals surface area contributed by atoms with E-state index in [9.17, 15) is 19.8 Å². The maximum absolute atomic E-state index is 14.8. The van der Waals surface area contributed by atoms with Gasteiger partial charge in [-0.15, -0.1) is 0 Å². The Bertz CT molecular complexity index is 2270. The Hall–Kier alpha value is -5.70. The number of carbonyl (C=O) groups is 2. The van der Waals surface area contributed by atoms with Crippen molar-refractivity contribution in [3.05, 3.63) is 161 Å². The number of hydrogen-bond acceptors (Lipinski definition) is 6. The Labute approximate surface area is 348 Å². The lowest BCUT2D eigenvalue weighted by Gasteiger charge is -2.46. The van der Waals surface area contributed by atoms with Crippen LogP contribution in [0.5, 0.6) is 11.5 Å². The molecule has 306 valence electrons. The van der Waals surface area contributed by atoms with Gasteiger partial charge >= 0.3 is 6.03 Å². The van der Waals surface area contributed by atoms with E-state index in [0.717, 1.165) is 34.2 Å². The number of urea groups is 1. The molecule has 8 heteroatoms. The van der Waals surface area contributed by atoms with Crippen LogP contribution in [-0.2, 0) is 13.0 Å². The summed E-state index contributed by atoms with van der Waals surface area (Å²) >= 11 is 0. The topological polar surface area (TPSA) is 108 Å². The number of benzene rings is 5. The van der Waals surface area contributed by atoms with Crippen LogP contribution in [0.4, 0.5) is 10.5 Å². The van der Waals surface area contributed by atoms with Crippen LogP contribution in [0.15, 0.2) is 133 Å². The third-order valence-corrected chi connectivity index (χ3v) is 12.8. The number of ketones is 1. The molecular weight excluding hydrogens is 737 g/mol. The third kappa shape index (κ3) is 9.14. The molecule has 0 radical (unpaired) electrons. The number of allylic oxidation sites excluding steroid dienone is 2. The molecule has 8 rings (SSSR count). The molecule has 3 aliphatic rings. The highest BCUT2D eigenvalue weighted by Crippen LogP contribution is 2.59. The number of anilines is 1. The van der Waals surface area contributed by atoms with Crippen LogP contribution >= 0.6 is 0 Å². The van der Waals surface area contributed by atoms with Gasteiger partial charge in [0.05, 0.1) is 39.0 Å². The number of rotatable bonds is 10. The van der Waals surface area contributed by atoms with Gasteiger partial charge in [-0.1, -0.05) is 104 Å². The molecule has 0 saturated heterocycles. The van der Waals surface area contributed by atoms with Gasteiger partial charge in [0.15, 0.2) is 5.78 Å². The Morgan fingerprint density at radius 2 is 1.54 bits per heavy atom. The highest BCUT2D eigenvalue weighted by Gasteiger charge is 2.57. The van der Waals surface area contributed by atoms with E-state index in [-0.39, 0.29) is 30.8 Å². The molecule has 3 N–H and O–H groups in total. The van der Waals surface area contributed by atoms with Crippen molar-refractivity contribution in [2.75, 3.05) is 26.1 Å². The van der Waals surface area contributed by atoms with Crippen LogP contribution in [-0.4, -0.2) is 59.4 Å². The maximum atomic E-state index is 14.8. The number of methoxy groups -OCH3 is 2. The van der Waals surface area contributed by atoms with Gasteiger partial charge in [0.1, 0.15) is 11.5 Å². The lowest BCUT2D eigenvalue weighted by molar-refractivity contribution is -0.0773. The molecule has 5 aromatic carbocycles. The second-order valence-electron chi connectivity index (χ2n) is 16.6. The summed E-state index contributed by atoms with van der Waals surface area (Å²) in [6, 6.07) is 38.4. The molecule has 1 saturated carbocycles. The Morgan fingerprint density at radius 3 is 2.25 bits per heavy atom. The van der Waals surface area contributed by atoms with E-state index in [1.165, 1.54) is 5.57 Å². The number of fused-ring (bicyclic) bond motifs is 8. The Morgan fingerprint density at radius 1 is 0.831 bits per heavy atom. The number of nitrogens with one attached hydrogen (secondary N) is 1. The van der Waals surface area contributed by atoms with Crippen molar-refractivity contribution >= 4 is 17.5 Å². The normalized spacial score (nSPS) is 21.8. The fourth-order valence-corrected chi connectivity index (χ4v) is 9.22. The minimum atomic E-state index is -1.34. The van der Waals surface area contributed by atoms with Gasteiger partial charge in [0.2, 0.25) is 0 Å². The quantitative estimate of drug-likeness (QED) is 0.0960. The van der Waals surface area contributed by atoms with E-state index in [4.69, 9.17) is 9.47 Å². The molecule has 1 fully saturated rings. The predicted molar refractivity (Wildman–Crippen MR) is 234 cm³/mol. The van der Waals surface area contributed by atoms with Crippen molar-refractivity contribution in [1.82, 2.24) is 4.90 Å². The molecule has 5 aromatic rings. The molecule has 2 amide bonds. The number of hydrogen-bond donors (Lipinski definition) is 3. The van der Waals surface area contributed by atoms with Crippen molar-refractivity contribution in [2.24, 2.45) is 5.41 Å². The van der Waals surface area contributed by atoms with Gasteiger partial charge in [-0.2, -0.15) is 0 Å². The van der Waals surface area contributed by atoms with Gasteiger partial charge < -0.3 is 29.9 Å². The summed E-state index contributed by atoms with van der Waals surface area (Å²) < 4.78 is 11.2. The summed E-state index contributed by atoms with van der Waals surface area (Å²) in [7, 11) is 3.19. The van der Waals surface area contributed by atoms with Crippen molar-refractivity contribution in [1.29, 1.82) is 0 Å². The van der Waals surface area contributed by atoms with Crippen molar-refractivity contribution in [3.8, 4) is 22.6 Å². The van der Waals surface area contributed by atoms with Gasteiger partial charge in [-0.05, 0) is 110 Å². The first-order valence-electron chi connectivity index (χ1n) is 20.7. The van der Waals surface area contributed by atoms with Gasteiger partial charge in [0, 0.05) is 33.9 Å². The van der Waals surface area contributed by atoms with Crippen LogP contribution in [0.25, 0.3) is 11.1 Å². The van der Waals surface area contributed by atoms with Crippen molar-refractivity contribution in [3.63, 3.8) is 0 Å². The second-order valence-corrected chi connectivity index (χ2v) is 16.6. The van der Waals surface area contributed by atoms with E-state index in [0.29, 0.717) is 66.8 Å². The first-order chi connectivity index (χ1) is 28.5. The van der Waals surface area contributed by atoms with Crippen LogP contribution in [0.3, 0.4) is 0 Å². The first-order valence-corrected chi connectivity index (χ1v) is 20.7. The van der Waals surface area contributed by atoms with E-state index >= 15 is 0 Å². The van der Waals surface area contributed by atoms with Crippen LogP contribution < -0.4 is 14.8 Å². The molecule has 2 bridgehead atoms. The third-order valence-electron chi connectivity index (χ3n) is 12.8. The minimum absolute atomic E-state index is 0.0467. The number of carbonyl (C=O) groups excluding carboxylic acids is 2. The Kier molecular flexibility index (Phi) is 12.7. The highest BCUT2D eigenvalue weighted by atomic mass is 16.5. The molecule has 8 nitrogen and oxygen atoms in total. The summed E-state index contributed by atoms with van der Waals surface area (Å²) in [6.07, 6.45) is 5.84. The molecule has 59 heavy (non-hydrogen) atoms. The Balaban J connectivity index is 1.29. The molecule has 0 aromatic heterocycles. The summed E-state index contributed by atoms with van der Waals surface area (Å²) in [5.41, 5.74) is 5.58. The van der Waals surface area contributed by atoms with Crippen LogP contribution in [0, 0.1) is 5.41 Å². The lowest BCUT2D eigenvalue weighted by atomic mass is 9.64. The number of aliphatic hydroxyl groups excluding tert-OH is 1. The second kappa shape index (κ2) is 18.1. The SMILES string of the molecule is COc1ccc(CN(CC2(O)CCC3c4ccc(cc4C(=O)c4ccc(-c5ccccc5)cc4)CC(O)CCC(C)=CCCC32C)C(=O)Nc2ccccc2)c(OC)c1. The molecule has 3 aliphatic carbocycles. The fourth-order valence-electron chi connectivity index (χ4n) is 9.22. The zero-order chi connectivity index (χ0) is 41.6. The summed E-state index contributed by atoms with van der Waals surface area (Å²) in [5.74, 6) is 0.914. The van der Waals surface area contributed by atoms with Crippen molar-refractivity contribution in [2.45, 2.75) is 83.0 Å². The monoisotopic (exact) mass is 792 g/mol. The van der Waals surface area contributed by atoms with E-state index in [1.54, 1.807) is 25.2 Å².